The number of hydrogen-bond donors (Lipinski definition) is 1. The normalized spacial score (nSPS) is 20.9. The smallest absolute Gasteiger partial charge is 0.244 e. The lowest BCUT2D eigenvalue weighted by Crippen LogP contribution is -2.45. The predicted molar refractivity (Wildman–Crippen MR) is 82.1 cm³/mol. The molecule has 1 aromatic rings. The van der Waals surface area contributed by atoms with Gasteiger partial charge in [-0.3, -0.25) is 0 Å². The molecule has 1 atom stereocenters. The summed E-state index contributed by atoms with van der Waals surface area (Å²) in [5, 5.41) is 0. The predicted octanol–water partition coefficient (Wildman–Crippen LogP) is 2.29. The number of halogens is 2. The van der Waals surface area contributed by atoms with Gasteiger partial charge >= 0.3 is 0 Å². The first-order valence-corrected chi connectivity index (χ1v) is 8.17. The molecule has 0 spiro atoms. The van der Waals surface area contributed by atoms with Crippen LogP contribution in [-0.4, -0.2) is 31.9 Å². The van der Waals surface area contributed by atoms with Gasteiger partial charge in [0.15, 0.2) is 0 Å². The molecule has 108 valence electrons. The van der Waals surface area contributed by atoms with Gasteiger partial charge in [0.05, 0.1) is 4.90 Å². The van der Waals surface area contributed by atoms with Crippen LogP contribution in [-0.2, 0) is 10.0 Å². The van der Waals surface area contributed by atoms with Crippen molar-refractivity contribution in [3.63, 3.8) is 0 Å². The van der Waals surface area contributed by atoms with Crippen molar-refractivity contribution >= 4 is 38.4 Å². The van der Waals surface area contributed by atoms with E-state index >= 15 is 0 Å². The van der Waals surface area contributed by atoms with Gasteiger partial charge in [0, 0.05) is 23.6 Å². The van der Waals surface area contributed by atoms with Crippen LogP contribution in [0.4, 0.5) is 0 Å². The van der Waals surface area contributed by atoms with Crippen LogP contribution < -0.4 is 5.73 Å². The van der Waals surface area contributed by atoms with Crippen LogP contribution in [0.1, 0.15) is 18.4 Å². The highest BCUT2D eigenvalue weighted by Gasteiger charge is 2.30. The molecule has 1 heterocycles. The van der Waals surface area contributed by atoms with Crippen LogP contribution in [0, 0.1) is 6.92 Å². The third-order valence-corrected chi connectivity index (χ3v) is 6.42. The van der Waals surface area contributed by atoms with Gasteiger partial charge in [0.2, 0.25) is 10.0 Å². The summed E-state index contributed by atoms with van der Waals surface area (Å²) in [5.41, 5.74) is 6.76. The van der Waals surface area contributed by atoms with Crippen LogP contribution in [0.3, 0.4) is 0 Å². The summed E-state index contributed by atoms with van der Waals surface area (Å²) in [5.74, 6) is 0. The monoisotopic (exact) mass is 368 g/mol. The zero-order valence-electron chi connectivity index (χ0n) is 10.7. The van der Waals surface area contributed by atoms with Crippen molar-refractivity contribution < 1.29 is 8.42 Å². The van der Waals surface area contributed by atoms with Crippen molar-refractivity contribution in [1.29, 1.82) is 0 Å². The molecular formula is C12H18BrClN2O2S. The van der Waals surface area contributed by atoms with E-state index in [2.05, 4.69) is 15.9 Å². The zero-order chi connectivity index (χ0) is 13.3. The van der Waals surface area contributed by atoms with Gasteiger partial charge in [-0.25, -0.2) is 8.42 Å². The first-order chi connectivity index (χ1) is 8.43. The standard InChI is InChI=1S/C12H17BrN2O2S.ClH/c1-9-4-2-6-11(12(9)13)18(16,17)15-7-3-5-10(14)8-15;/h2,4,6,10H,3,5,7-8,14H2,1H3;1H. The Hall–Kier alpha value is -0.140. The Kier molecular flexibility index (Phi) is 5.82. The molecule has 1 aliphatic rings. The van der Waals surface area contributed by atoms with Crippen LogP contribution in [0.2, 0.25) is 0 Å². The first-order valence-electron chi connectivity index (χ1n) is 5.94. The Balaban J connectivity index is 0.00000180. The maximum absolute atomic E-state index is 12.5. The molecule has 1 unspecified atom stereocenters. The minimum Gasteiger partial charge on any atom is -0.327 e. The molecule has 1 saturated heterocycles. The maximum Gasteiger partial charge on any atom is 0.244 e. The molecule has 1 aromatic carbocycles. The second kappa shape index (κ2) is 6.54. The van der Waals surface area contributed by atoms with Gasteiger partial charge in [-0.05, 0) is 47.3 Å². The minimum atomic E-state index is -3.44. The quantitative estimate of drug-likeness (QED) is 0.870. The summed E-state index contributed by atoms with van der Waals surface area (Å²) >= 11 is 3.36. The van der Waals surface area contributed by atoms with E-state index in [9.17, 15) is 8.42 Å². The fourth-order valence-electron chi connectivity index (χ4n) is 2.15. The van der Waals surface area contributed by atoms with E-state index in [1.807, 2.05) is 13.0 Å². The topological polar surface area (TPSA) is 63.4 Å². The van der Waals surface area contributed by atoms with Gasteiger partial charge in [-0.15, -0.1) is 12.4 Å². The number of piperidine rings is 1. The highest BCUT2D eigenvalue weighted by Crippen LogP contribution is 2.29. The van der Waals surface area contributed by atoms with Gasteiger partial charge in [0.1, 0.15) is 0 Å². The first kappa shape index (κ1) is 16.9. The number of nitrogens with two attached hydrogens (primary N) is 1. The fraction of sp³-hybridized carbons (Fsp3) is 0.500. The van der Waals surface area contributed by atoms with Crippen molar-refractivity contribution in [2.75, 3.05) is 13.1 Å². The van der Waals surface area contributed by atoms with Crippen molar-refractivity contribution in [1.82, 2.24) is 4.31 Å². The van der Waals surface area contributed by atoms with Gasteiger partial charge in [-0.2, -0.15) is 4.31 Å². The van der Waals surface area contributed by atoms with Crippen molar-refractivity contribution in [2.45, 2.75) is 30.7 Å². The van der Waals surface area contributed by atoms with E-state index in [4.69, 9.17) is 5.73 Å². The molecule has 0 aromatic heterocycles. The molecule has 2 N–H and O–H groups in total. The third kappa shape index (κ3) is 3.49. The molecule has 2 rings (SSSR count). The fourth-order valence-corrected chi connectivity index (χ4v) is 4.70. The lowest BCUT2D eigenvalue weighted by atomic mass is 10.1. The highest BCUT2D eigenvalue weighted by molar-refractivity contribution is 9.10. The molecule has 0 aliphatic carbocycles. The summed E-state index contributed by atoms with van der Waals surface area (Å²) in [6.07, 6.45) is 1.71. The molecule has 0 radical (unpaired) electrons. The second-order valence-electron chi connectivity index (χ2n) is 4.65. The molecule has 0 saturated carbocycles. The Labute approximate surface area is 128 Å². The lowest BCUT2D eigenvalue weighted by Gasteiger charge is -2.30. The zero-order valence-corrected chi connectivity index (χ0v) is 13.9. The van der Waals surface area contributed by atoms with Crippen molar-refractivity contribution in [2.24, 2.45) is 5.73 Å². The van der Waals surface area contributed by atoms with Crippen molar-refractivity contribution in [3.05, 3.63) is 28.2 Å². The van der Waals surface area contributed by atoms with E-state index in [1.165, 1.54) is 4.31 Å². The van der Waals surface area contributed by atoms with Crippen LogP contribution in [0.15, 0.2) is 27.6 Å². The highest BCUT2D eigenvalue weighted by atomic mass is 79.9. The summed E-state index contributed by atoms with van der Waals surface area (Å²) in [4.78, 5) is 0.330. The van der Waals surface area contributed by atoms with Gasteiger partial charge in [-0.1, -0.05) is 12.1 Å². The number of hydrogen-bond acceptors (Lipinski definition) is 3. The third-order valence-electron chi connectivity index (χ3n) is 3.19. The molecule has 0 bridgehead atoms. The van der Waals surface area contributed by atoms with Crippen LogP contribution in [0.25, 0.3) is 0 Å². The van der Waals surface area contributed by atoms with E-state index in [-0.39, 0.29) is 18.4 Å². The van der Waals surface area contributed by atoms with E-state index in [1.54, 1.807) is 12.1 Å². The molecule has 1 fully saturated rings. The summed E-state index contributed by atoms with van der Waals surface area (Å²) < 4.78 is 27.2. The Morgan fingerprint density at radius 3 is 2.74 bits per heavy atom. The average Bonchev–Trinajstić information content (AvgIpc) is 2.32. The lowest BCUT2D eigenvalue weighted by molar-refractivity contribution is 0.316. The molecule has 0 amide bonds. The summed E-state index contributed by atoms with van der Waals surface area (Å²) in [6.45, 7) is 2.84. The van der Waals surface area contributed by atoms with E-state index in [0.717, 1.165) is 18.4 Å². The molecule has 4 nitrogen and oxygen atoms in total. The average molecular weight is 370 g/mol. The molecular weight excluding hydrogens is 352 g/mol. The molecule has 1 aliphatic heterocycles. The summed E-state index contributed by atoms with van der Waals surface area (Å²) in [6, 6.07) is 5.21. The Morgan fingerprint density at radius 2 is 2.11 bits per heavy atom. The Bertz CT molecular complexity index is 551. The molecule has 19 heavy (non-hydrogen) atoms. The number of rotatable bonds is 2. The SMILES string of the molecule is Cc1cccc(S(=O)(=O)N2CCCC(N)C2)c1Br.Cl. The Morgan fingerprint density at radius 1 is 1.42 bits per heavy atom. The summed E-state index contributed by atoms with van der Waals surface area (Å²) in [7, 11) is -3.44. The number of nitrogens with zero attached hydrogens (tertiary/aromatic N) is 1. The maximum atomic E-state index is 12.5. The van der Waals surface area contributed by atoms with Gasteiger partial charge in [0.25, 0.3) is 0 Å². The number of aryl methyl sites for hydroxylation is 1. The number of sulfonamides is 1. The van der Waals surface area contributed by atoms with E-state index in [0.29, 0.717) is 22.5 Å². The van der Waals surface area contributed by atoms with E-state index < -0.39 is 10.0 Å². The second-order valence-corrected chi connectivity index (χ2v) is 7.35. The number of benzene rings is 1. The largest absolute Gasteiger partial charge is 0.327 e. The van der Waals surface area contributed by atoms with Gasteiger partial charge < -0.3 is 5.73 Å². The van der Waals surface area contributed by atoms with Crippen LogP contribution >= 0.6 is 28.3 Å². The minimum absolute atomic E-state index is 0. The van der Waals surface area contributed by atoms with Crippen molar-refractivity contribution in [3.8, 4) is 0 Å². The van der Waals surface area contributed by atoms with Crippen LogP contribution in [0.5, 0.6) is 0 Å². The molecule has 7 heteroatoms.